The molecule has 0 bridgehead atoms. The topological polar surface area (TPSA) is 12.0 Å². The Bertz CT molecular complexity index is 196. The van der Waals surface area contributed by atoms with Gasteiger partial charge in [-0.05, 0) is 36.6 Å². The van der Waals surface area contributed by atoms with Gasteiger partial charge in [-0.1, -0.05) is 67.7 Å². The Morgan fingerprint density at radius 2 is 1.61 bits per heavy atom. The van der Waals surface area contributed by atoms with E-state index < -0.39 is 0 Å². The van der Waals surface area contributed by atoms with Crippen molar-refractivity contribution in [2.45, 2.75) is 86.6 Å². The van der Waals surface area contributed by atoms with Gasteiger partial charge in [0.25, 0.3) is 0 Å². The first-order chi connectivity index (χ1) is 8.32. The lowest BCUT2D eigenvalue weighted by molar-refractivity contribution is 0.231. The zero-order valence-electron chi connectivity index (χ0n) is 14.0. The van der Waals surface area contributed by atoms with Crippen LogP contribution in [0.25, 0.3) is 0 Å². The third-order valence-corrected chi connectivity index (χ3v) is 4.49. The van der Waals surface area contributed by atoms with Gasteiger partial charge in [-0.15, -0.1) is 0 Å². The molecule has 1 heteroatoms. The maximum absolute atomic E-state index is 3.64. The monoisotopic (exact) mass is 255 g/mol. The van der Waals surface area contributed by atoms with E-state index in [4.69, 9.17) is 0 Å². The molecular formula is C17H37N. The smallest absolute Gasteiger partial charge is 0.00104 e. The van der Waals surface area contributed by atoms with Crippen molar-refractivity contribution in [2.75, 3.05) is 6.54 Å². The highest BCUT2D eigenvalue weighted by atomic mass is 14.9. The zero-order chi connectivity index (χ0) is 14.2. The van der Waals surface area contributed by atoms with Crippen molar-refractivity contribution in [3.05, 3.63) is 0 Å². The van der Waals surface area contributed by atoms with E-state index in [0.717, 1.165) is 11.8 Å². The molecule has 0 aliphatic rings. The van der Waals surface area contributed by atoms with Crippen LogP contribution in [0.15, 0.2) is 0 Å². The molecule has 0 aromatic carbocycles. The fraction of sp³-hybridized carbons (Fsp3) is 1.00. The molecule has 0 aromatic rings. The number of hydrogen-bond acceptors (Lipinski definition) is 1. The number of nitrogens with one attached hydrogen (secondary N) is 1. The number of rotatable bonds is 10. The molecule has 18 heavy (non-hydrogen) atoms. The lowest BCUT2D eigenvalue weighted by Gasteiger charge is -2.30. The molecule has 0 aliphatic carbocycles. The van der Waals surface area contributed by atoms with E-state index >= 15 is 0 Å². The maximum Gasteiger partial charge on any atom is 0.00104 e. The molecule has 2 unspecified atom stereocenters. The number of hydrogen-bond donors (Lipinski definition) is 1. The summed E-state index contributed by atoms with van der Waals surface area (Å²) in [6.45, 7) is 17.6. The van der Waals surface area contributed by atoms with Crippen LogP contribution in [0.2, 0.25) is 0 Å². The molecule has 0 amide bonds. The summed E-state index contributed by atoms with van der Waals surface area (Å²) >= 11 is 0. The van der Waals surface area contributed by atoms with E-state index in [2.05, 4.69) is 53.8 Å². The lowest BCUT2D eigenvalue weighted by atomic mass is 9.78. The van der Waals surface area contributed by atoms with Crippen LogP contribution in [-0.2, 0) is 0 Å². The summed E-state index contributed by atoms with van der Waals surface area (Å²) in [5.74, 6) is 1.70. The summed E-state index contributed by atoms with van der Waals surface area (Å²) in [4.78, 5) is 0. The van der Waals surface area contributed by atoms with Gasteiger partial charge in [0.15, 0.2) is 0 Å². The van der Waals surface area contributed by atoms with Crippen molar-refractivity contribution < 1.29 is 0 Å². The third kappa shape index (κ3) is 8.13. The zero-order valence-corrected chi connectivity index (χ0v) is 14.0. The summed E-state index contributed by atoms with van der Waals surface area (Å²) in [5.41, 5.74) is 0.516. The van der Waals surface area contributed by atoms with Crippen LogP contribution in [-0.4, -0.2) is 12.6 Å². The maximum atomic E-state index is 3.64. The van der Waals surface area contributed by atoms with Gasteiger partial charge in [0.05, 0.1) is 0 Å². The van der Waals surface area contributed by atoms with Crippen LogP contribution in [0.5, 0.6) is 0 Å². The molecule has 0 saturated carbocycles. The van der Waals surface area contributed by atoms with Crippen molar-refractivity contribution in [1.29, 1.82) is 0 Å². The van der Waals surface area contributed by atoms with Crippen molar-refractivity contribution >= 4 is 0 Å². The first-order valence-corrected chi connectivity index (χ1v) is 8.05. The first-order valence-electron chi connectivity index (χ1n) is 8.05. The summed E-state index contributed by atoms with van der Waals surface area (Å²) in [7, 11) is 0. The van der Waals surface area contributed by atoms with Crippen LogP contribution in [0.3, 0.4) is 0 Å². The van der Waals surface area contributed by atoms with Crippen LogP contribution in [0.1, 0.15) is 80.6 Å². The second-order valence-corrected chi connectivity index (χ2v) is 7.15. The molecule has 0 aromatic heterocycles. The van der Waals surface area contributed by atoms with E-state index in [-0.39, 0.29) is 0 Å². The second-order valence-electron chi connectivity index (χ2n) is 7.15. The highest BCUT2D eigenvalue weighted by molar-refractivity contribution is 4.75. The molecule has 0 rings (SSSR count). The average molecular weight is 255 g/mol. The van der Waals surface area contributed by atoms with Gasteiger partial charge in [-0.3, -0.25) is 0 Å². The minimum absolute atomic E-state index is 0.516. The van der Waals surface area contributed by atoms with Gasteiger partial charge in [0.1, 0.15) is 0 Å². The van der Waals surface area contributed by atoms with E-state index in [0.29, 0.717) is 11.5 Å². The van der Waals surface area contributed by atoms with Gasteiger partial charge >= 0.3 is 0 Å². The Labute approximate surface area is 116 Å². The molecule has 0 radical (unpaired) electrons. The SMILES string of the molecule is CCCC(C)C(CCC(C)(C)CC)CNC(C)C. The molecule has 0 spiro atoms. The lowest BCUT2D eigenvalue weighted by Crippen LogP contribution is -2.32. The van der Waals surface area contributed by atoms with Crippen molar-refractivity contribution in [3.8, 4) is 0 Å². The van der Waals surface area contributed by atoms with E-state index in [9.17, 15) is 0 Å². The second kappa shape index (κ2) is 8.96. The molecule has 1 nitrogen and oxygen atoms in total. The third-order valence-electron chi connectivity index (χ3n) is 4.49. The summed E-state index contributed by atoms with van der Waals surface area (Å²) in [5, 5.41) is 3.64. The fourth-order valence-electron chi connectivity index (χ4n) is 2.42. The van der Waals surface area contributed by atoms with Crippen LogP contribution < -0.4 is 5.32 Å². The molecule has 0 saturated heterocycles. The van der Waals surface area contributed by atoms with Gasteiger partial charge in [0, 0.05) is 6.04 Å². The Morgan fingerprint density at radius 3 is 2.06 bits per heavy atom. The van der Waals surface area contributed by atoms with Crippen molar-refractivity contribution in [1.82, 2.24) is 5.32 Å². The van der Waals surface area contributed by atoms with E-state index in [1.54, 1.807) is 0 Å². The summed E-state index contributed by atoms with van der Waals surface area (Å²) in [6.07, 6.45) is 6.72. The van der Waals surface area contributed by atoms with E-state index in [1.807, 2.05) is 0 Å². The molecule has 110 valence electrons. The predicted molar refractivity (Wildman–Crippen MR) is 84.0 cm³/mol. The Kier molecular flexibility index (Phi) is 8.94. The predicted octanol–water partition coefficient (Wildman–Crippen LogP) is 5.25. The summed E-state index contributed by atoms with van der Waals surface area (Å²) < 4.78 is 0. The Balaban J connectivity index is 4.28. The van der Waals surface area contributed by atoms with Gasteiger partial charge in [-0.2, -0.15) is 0 Å². The Morgan fingerprint density at radius 1 is 1.00 bits per heavy atom. The largest absolute Gasteiger partial charge is 0.314 e. The first kappa shape index (κ1) is 18.0. The highest BCUT2D eigenvalue weighted by Crippen LogP contribution is 2.31. The Hall–Kier alpha value is -0.0400. The minimum Gasteiger partial charge on any atom is -0.314 e. The van der Waals surface area contributed by atoms with Gasteiger partial charge in [0.2, 0.25) is 0 Å². The molecule has 0 fully saturated rings. The molecule has 0 aliphatic heterocycles. The quantitative estimate of drug-likeness (QED) is 0.562. The van der Waals surface area contributed by atoms with E-state index in [1.165, 1.54) is 38.6 Å². The average Bonchev–Trinajstić information content (AvgIpc) is 2.28. The van der Waals surface area contributed by atoms with Gasteiger partial charge in [-0.25, -0.2) is 0 Å². The van der Waals surface area contributed by atoms with Crippen LogP contribution in [0, 0.1) is 17.3 Å². The van der Waals surface area contributed by atoms with Crippen LogP contribution in [0.4, 0.5) is 0 Å². The van der Waals surface area contributed by atoms with Crippen molar-refractivity contribution in [3.63, 3.8) is 0 Å². The molecule has 2 atom stereocenters. The minimum atomic E-state index is 0.516. The fourth-order valence-corrected chi connectivity index (χ4v) is 2.42. The summed E-state index contributed by atoms with van der Waals surface area (Å²) in [6, 6.07) is 0.612. The van der Waals surface area contributed by atoms with Gasteiger partial charge < -0.3 is 5.32 Å². The molecular weight excluding hydrogens is 218 g/mol. The molecule has 0 heterocycles. The molecule has 1 N–H and O–H groups in total. The normalized spacial score (nSPS) is 16.0. The van der Waals surface area contributed by atoms with Crippen LogP contribution >= 0.6 is 0 Å². The van der Waals surface area contributed by atoms with Crippen molar-refractivity contribution in [2.24, 2.45) is 17.3 Å². The highest BCUT2D eigenvalue weighted by Gasteiger charge is 2.21. The standard InChI is InChI=1S/C17H37N/c1-8-10-15(5)16(13-18-14(3)4)11-12-17(6,7)9-2/h14-16,18H,8-13H2,1-7H3.